The number of aromatic nitrogens is 1. The summed E-state index contributed by atoms with van der Waals surface area (Å²) in [6.07, 6.45) is -4.57. The molecule has 0 saturated heterocycles. The normalized spacial score (nSPS) is 14.9. The van der Waals surface area contributed by atoms with Gasteiger partial charge in [-0.15, -0.1) is 0 Å². The first kappa shape index (κ1) is 26.5. The number of pyridine rings is 1. The number of halogens is 3. The first-order valence-corrected chi connectivity index (χ1v) is 11.4. The number of rotatable bonds is 4. The van der Waals surface area contributed by atoms with E-state index in [4.69, 9.17) is 9.47 Å². The van der Waals surface area contributed by atoms with Crippen LogP contribution in [0.5, 0.6) is 11.5 Å². The van der Waals surface area contributed by atoms with Gasteiger partial charge in [0.2, 0.25) is 0 Å². The zero-order valence-corrected chi connectivity index (χ0v) is 20.5. The van der Waals surface area contributed by atoms with Crippen LogP contribution >= 0.6 is 0 Å². The van der Waals surface area contributed by atoms with Gasteiger partial charge in [-0.25, -0.2) is 0 Å². The van der Waals surface area contributed by atoms with Crippen LogP contribution in [0.3, 0.4) is 0 Å². The average Bonchev–Trinajstić information content (AvgIpc) is 2.84. The molecule has 1 aromatic heterocycles. The van der Waals surface area contributed by atoms with Crippen molar-refractivity contribution in [1.29, 1.82) is 5.26 Å². The summed E-state index contributed by atoms with van der Waals surface area (Å²) in [4.78, 5) is 38.7. The molecule has 1 atom stereocenters. The van der Waals surface area contributed by atoms with Crippen LogP contribution in [-0.2, 0) is 15.7 Å². The molecule has 38 heavy (non-hydrogen) atoms. The number of esters is 1. The van der Waals surface area contributed by atoms with E-state index in [0.29, 0.717) is 0 Å². The fourth-order valence-corrected chi connectivity index (χ4v) is 4.19. The van der Waals surface area contributed by atoms with Crippen LogP contribution in [0.2, 0.25) is 0 Å². The number of hydrogen-bond acceptors (Lipinski definition) is 7. The van der Waals surface area contributed by atoms with Crippen molar-refractivity contribution in [3.8, 4) is 17.6 Å². The molecule has 1 amide bonds. The third-order valence-corrected chi connectivity index (χ3v) is 5.78. The van der Waals surface area contributed by atoms with E-state index in [1.165, 1.54) is 24.3 Å². The maximum atomic E-state index is 13.7. The summed E-state index contributed by atoms with van der Waals surface area (Å²) in [7, 11) is 0. The van der Waals surface area contributed by atoms with Gasteiger partial charge in [-0.3, -0.25) is 19.0 Å². The second-order valence-electron chi connectivity index (χ2n) is 9.56. The molecule has 2 aromatic carbocycles. The summed E-state index contributed by atoms with van der Waals surface area (Å²) >= 11 is 0. The van der Waals surface area contributed by atoms with Crippen molar-refractivity contribution in [3.63, 3.8) is 0 Å². The summed E-state index contributed by atoms with van der Waals surface area (Å²) < 4.78 is 51.2. The fourth-order valence-electron chi connectivity index (χ4n) is 4.19. The predicted octanol–water partition coefficient (Wildman–Crippen LogP) is 3.65. The van der Waals surface area contributed by atoms with Crippen LogP contribution in [0, 0.1) is 11.3 Å². The average molecular weight is 529 g/mol. The van der Waals surface area contributed by atoms with Crippen molar-refractivity contribution in [2.75, 3.05) is 13.2 Å². The van der Waals surface area contributed by atoms with Crippen molar-refractivity contribution in [2.24, 2.45) is 0 Å². The number of ether oxygens (including phenoxy) is 2. The lowest BCUT2D eigenvalue weighted by Crippen LogP contribution is -2.40. The lowest BCUT2D eigenvalue weighted by molar-refractivity contribution is -0.153. The Morgan fingerprint density at radius 3 is 2.42 bits per heavy atom. The minimum Gasteiger partial charge on any atom is -0.506 e. The number of nitriles is 1. The van der Waals surface area contributed by atoms with Crippen molar-refractivity contribution in [2.45, 2.75) is 38.6 Å². The Morgan fingerprint density at radius 1 is 1.18 bits per heavy atom. The Kier molecular flexibility index (Phi) is 6.57. The summed E-state index contributed by atoms with van der Waals surface area (Å²) in [5.74, 6) is -2.55. The number of amides is 1. The highest BCUT2D eigenvalue weighted by molar-refractivity contribution is 6.04. The quantitative estimate of drug-likeness (QED) is 0.494. The molecular formula is C26H22F3N3O6. The SMILES string of the molecule is CC(C)(C)OC(=O)CNC(=O)c1c(O)c2ccc(C#N)c3c2n(c1=O)C(c1ccc(C(F)(F)F)cc1)CO3. The lowest BCUT2D eigenvalue weighted by Gasteiger charge is -2.30. The molecular weight excluding hydrogens is 507 g/mol. The molecule has 3 aromatic rings. The highest BCUT2D eigenvalue weighted by Crippen LogP contribution is 2.41. The van der Waals surface area contributed by atoms with Gasteiger partial charge in [0, 0.05) is 5.39 Å². The maximum Gasteiger partial charge on any atom is 0.416 e. The van der Waals surface area contributed by atoms with Crippen molar-refractivity contribution >= 4 is 22.8 Å². The predicted molar refractivity (Wildman–Crippen MR) is 128 cm³/mol. The number of alkyl halides is 3. The topological polar surface area (TPSA) is 131 Å². The first-order valence-electron chi connectivity index (χ1n) is 11.4. The number of hydrogen-bond donors (Lipinski definition) is 2. The zero-order chi connectivity index (χ0) is 28.0. The van der Waals surface area contributed by atoms with E-state index in [1.54, 1.807) is 20.8 Å². The number of nitrogens with one attached hydrogen (secondary N) is 1. The molecule has 12 heteroatoms. The summed E-state index contributed by atoms with van der Waals surface area (Å²) in [6.45, 7) is 4.08. The third kappa shape index (κ3) is 4.87. The van der Waals surface area contributed by atoms with E-state index in [2.05, 4.69) is 5.32 Å². The molecule has 1 aliphatic heterocycles. The molecule has 9 nitrogen and oxygen atoms in total. The number of nitrogens with zero attached hydrogens (tertiary/aromatic N) is 2. The fraction of sp³-hybridized carbons (Fsp3) is 0.308. The van der Waals surface area contributed by atoms with E-state index in [0.717, 1.165) is 16.7 Å². The molecule has 2 N–H and O–H groups in total. The molecule has 0 radical (unpaired) electrons. The molecule has 0 fully saturated rings. The van der Waals surface area contributed by atoms with Gasteiger partial charge in [0.05, 0.1) is 22.7 Å². The Balaban J connectivity index is 1.85. The van der Waals surface area contributed by atoms with Gasteiger partial charge in [0.15, 0.2) is 5.75 Å². The Hall–Kier alpha value is -4.53. The lowest BCUT2D eigenvalue weighted by atomic mass is 9.99. The van der Waals surface area contributed by atoms with E-state index >= 15 is 0 Å². The Morgan fingerprint density at radius 2 is 1.84 bits per heavy atom. The largest absolute Gasteiger partial charge is 0.506 e. The Labute approximate surface area is 214 Å². The highest BCUT2D eigenvalue weighted by atomic mass is 19.4. The van der Waals surface area contributed by atoms with Crippen molar-refractivity contribution in [1.82, 2.24) is 9.88 Å². The summed E-state index contributed by atoms with van der Waals surface area (Å²) in [5.41, 5.74) is -3.06. The summed E-state index contributed by atoms with van der Waals surface area (Å²) in [5, 5.41) is 22.7. The van der Waals surface area contributed by atoms with Gasteiger partial charge in [0.1, 0.15) is 36.1 Å². The van der Waals surface area contributed by atoms with Crippen LogP contribution in [0.1, 0.15) is 53.9 Å². The highest BCUT2D eigenvalue weighted by Gasteiger charge is 2.34. The third-order valence-electron chi connectivity index (χ3n) is 5.78. The maximum absolute atomic E-state index is 13.7. The minimum absolute atomic E-state index is 0.00219. The Bertz CT molecular complexity index is 1550. The van der Waals surface area contributed by atoms with Crippen LogP contribution in [-0.4, -0.2) is 40.3 Å². The van der Waals surface area contributed by atoms with Crippen LogP contribution in [0.15, 0.2) is 41.2 Å². The molecule has 0 saturated carbocycles. The van der Waals surface area contributed by atoms with Gasteiger partial charge in [0.25, 0.3) is 11.5 Å². The number of carbonyl (C=O) groups excluding carboxylic acids is 2. The zero-order valence-electron chi connectivity index (χ0n) is 20.5. The first-order chi connectivity index (χ1) is 17.7. The van der Waals surface area contributed by atoms with E-state index in [9.17, 15) is 37.9 Å². The number of aromatic hydroxyl groups is 1. The van der Waals surface area contributed by atoms with E-state index in [1.807, 2.05) is 6.07 Å². The van der Waals surface area contributed by atoms with Gasteiger partial charge in [-0.1, -0.05) is 12.1 Å². The second-order valence-corrected chi connectivity index (χ2v) is 9.56. The van der Waals surface area contributed by atoms with Crippen molar-refractivity contribution < 1.29 is 37.3 Å². The molecule has 0 bridgehead atoms. The molecule has 2 heterocycles. The van der Waals surface area contributed by atoms with Gasteiger partial charge in [-0.2, -0.15) is 18.4 Å². The van der Waals surface area contributed by atoms with Crippen LogP contribution < -0.4 is 15.6 Å². The van der Waals surface area contributed by atoms with Crippen LogP contribution in [0.4, 0.5) is 13.2 Å². The number of benzene rings is 2. The molecule has 1 aliphatic rings. The molecule has 0 aliphatic carbocycles. The molecule has 198 valence electrons. The molecule has 4 rings (SSSR count). The number of carbonyl (C=O) groups is 2. The van der Waals surface area contributed by atoms with E-state index in [-0.39, 0.29) is 34.4 Å². The monoisotopic (exact) mass is 529 g/mol. The molecule has 1 unspecified atom stereocenters. The van der Waals surface area contributed by atoms with Crippen LogP contribution in [0.25, 0.3) is 10.9 Å². The smallest absolute Gasteiger partial charge is 0.416 e. The van der Waals surface area contributed by atoms with Gasteiger partial charge >= 0.3 is 12.1 Å². The standard InChI is InChI=1S/C26H22F3N3O6/c1-25(2,3)38-18(33)11-31-23(35)19-21(34)16-9-6-14(10-30)22-20(16)32(24(19)36)17(12-37-22)13-4-7-15(8-5-13)26(27,28)29/h4-9,17,34H,11-12H2,1-3H3,(H,31,35). The van der Waals surface area contributed by atoms with Crippen molar-refractivity contribution in [3.05, 3.63) is 69.0 Å². The minimum atomic E-state index is -4.57. The second kappa shape index (κ2) is 9.41. The molecule has 0 spiro atoms. The van der Waals surface area contributed by atoms with E-state index < -0.39 is 58.7 Å². The van der Waals surface area contributed by atoms with Gasteiger partial charge < -0.3 is 19.9 Å². The van der Waals surface area contributed by atoms with Gasteiger partial charge in [-0.05, 0) is 50.6 Å². The summed E-state index contributed by atoms with van der Waals surface area (Å²) in [6, 6.07) is 7.68.